The zero-order valence-corrected chi connectivity index (χ0v) is 20.6. The molecule has 1 fully saturated rings. The third-order valence-corrected chi connectivity index (χ3v) is 7.25. The summed E-state index contributed by atoms with van der Waals surface area (Å²) >= 11 is 1.20. The van der Waals surface area contributed by atoms with Gasteiger partial charge in [-0.15, -0.1) is 0 Å². The summed E-state index contributed by atoms with van der Waals surface area (Å²) in [5.41, 5.74) is 2.64. The summed E-state index contributed by atoms with van der Waals surface area (Å²) < 4.78 is 0. The van der Waals surface area contributed by atoms with E-state index in [-0.39, 0.29) is 11.8 Å². The van der Waals surface area contributed by atoms with Crippen LogP contribution in [0.3, 0.4) is 0 Å². The van der Waals surface area contributed by atoms with E-state index in [0.29, 0.717) is 26.7 Å². The number of carbonyl (C=O) groups is 2. The number of benzene rings is 2. The first kappa shape index (κ1) is 23.2. The number of nitrogens with one attached hydrogen (secondary N) is 3. The van der Waals surface area contributed by atoms with Crippen LogP contribution in [0.5, 0.6) is 0 Å². The van der Waals surface area contributed by atoms with Gasteiger partial charge < -0.3 is 10.6 Å². The molecule has 0 atom stereocenters. The standard InChI is InChI=1S/C26H28N6O2S/c1-26(2,19-8-4-3-5-9-19)29-23(34)25-27-20-21(30-31-24(20)35-25)28-22(33)18-12-10-17(11-13-18)16-32-14-6-7-15-32/h3-5,8-13H,6-7,14-16H2,1-2H3,(H,29,34)(H2,28,30,31,33). The van der Waals surface area contributed by atoms with Crippen LogP contribution in [0.1, 0.15) is 58.0 Å². The molecule has 2 amide bonds. The van der Waals surface area contributed by atoms with Gasteiger partial charge in [0.1, 0.15) is 10.3 Å². The molecule has 1 saturated heterocycles. The largest absolute Gasteiger partial charge is 0.341 e. The first-order chi connectivity index (χ1) is 16.9. The van der Waals surface area contributed by atoms with E-state index in [1.165, 1.54) is 29.7 Å². The molecular weight excluding hydrogens is 460 g/mol. The van der Waals surface area contributed by atoms with Crippen molar-refractivity contribution in [2.24, 2.45) is 0 Å². The molecule has 4 aromatic rings. The maximum Gasteiger partial charge on any atom is 0.281 e. The summed E-state index contributed by atoms with van der Waals surface area (Å²) in [6.07, 6.45) is 2.51. The van der Waals surface area contributed by atoms with Gasteiger partial charge in [-0.25, -0.2) is 4.98 Å². The van der Waals surface area contributed by atoms with Gasteiger partial charge >= 0.3 is 0 Å². The predicted octanol–water partition coefficient (Wildman–Crippen LogP) is 4.53. The van der Waals surface area contributed by atoms with Gasteiger partial charge in [0, 0.05) is 12.1 Å². The van der Waals surface area contributed by atoms with Gasteiger partial charge in [-0.3, -0.25) is 19.6 Å². The van der Waals surface area contributed by atoms with Gasteiger partial charge in [0.05, 0.1) is 5.54 Å². The van der Waals surface area contributed by atoms with Crippen LogP contribution < -0.4 is 10.6 Å². The SMILES string of the molecule is CC(C)(NC(=O)c1nc2c(NC(=O)c3ccc(CN4CCCC4)cc3)n[nH]c2s1)c1ccccc1. The highest BCUT2D eigenvalue weighted by Crippen LogP contribution is 2.27. The molecule has 0 aliphatic carbocycles. The van der Waals surface area contributed by atoms with Crippen LogP contribution in [0.25, 0.3) is 10.3 Å². The molecule has 180 valence electrons. The molecule has 2 aromatic carbocycles. The number of rotatable bonds is 7. The van der Waals surface area contributed by atoms with E-state index in [4.69, 9.17) is 0 Å². The molecular formula is C26H28N6O2S. The molecule has 35 heavy (non-hydrogen) atoms. The number of aromatic nitrogens is 3. The lowest BCUT2D eigenvalue weighted by molar-refractivity contribution is 0.0911. The Labute approximate surface area is 207 Å². The maximum absolute atomic E-state index is 12.9. The topological polar surface area (TPSA) is 103 Å². The van der Waals surface area contributed by atoms with Crippen molar-refractivity contribution in [3.05, 3.63) is 76.3 Å². The van der Waals surface area contributed by atoms with Crippen molar-refractivity contribution in [2.45, 2.75) is 38.8 Å². The smallest absolute Gasteiger partial charge is 0.281 e. The monoisotopic (exact) mass is 488 g/mol. The molecule has 8 nitrogen and oxygen atoms in total. The van der Waals surface area contributed by atoms with E-state index >= 15 is 0 Å². The normalized spacial score (nSPS) is 14.3. The molecule has 1 aliphatic rings. The molecule has 0 saturated carbocycles. The second kappa shape index (κ2) is 9.59. The number of amides is 2. The lowest BCUT2D eigenvalue weighted by Crippen LogP contribution is -2.40. The van der Waals surface area contributed by atoms with Crippen molar-refractivity contribution >= 4 is 39.3 Å². The van der Waals surface area contributed by atoms with E-state index in [1.54, 1.807) is 0 Å². The fourth-order valence-electron chi connectivity index (χ4n) is 4.30. The Morgan fingerprint density at radius 1 is 1.03 bits per heavy atom. The minimum absolute atomic E-state index is 0.268. The van der Waals surface area contributed by atoms with Crippen molar-refractivity contribution in [3.8, 4) is 0 Å². The first-order valence-corrected chi connectivity index (χ1v) is 12.6. The Kier molecular flexibility index (Phi) is 6.36. The van der Waals surface area contributed by atoms with Gasteiger partial charge in [0.15, 0.2) is 10.8 Å². The van der Waals surface area contributed by atoms with Gasteiger partial charge in [0.2, 0.25) is 0 Å². The third-order valence-electron chi connectivity index (χ3n) is 6.29. The number of hydrogen-bond acceptors (Lipinski definition) is 6. The van der Waals surface area contributed by atoms with Crippen molar-refractivity contribution in [2.75, 3.05) is 18.4 Å². The number of hydrogen-bond donors (Lipinski definition) is 3. The van der Waals surface area contributed by atoms with Crippen LogP contribution >= 0.6 is 11.3 Å². The van der Waals surface area contributed by atoms with E-state index in [2.05, 4.69) is 30.7 Å². The van der Waals surface area contributed by atoms with Crippen LogP contribution in [0.2, 0.25) is 0 Å². The second-order valence-electron chi connectivity index (χ2n) is 9.35. The fraction of sp³-hybridized carbons (Fsp3) is 0.308. The Hall–Kier alpha value is -3.56. The molecule has 3 heterocycles. The van der Waals surface area contributed by atoms with E-state index in [9.17, 15) is 9.59 Å². The van der Waals surface area contributed by atoms with Crippen LogP contribution in [-0.2, 0) is 12.1 Å². The Balaban J connectivity index is 1.26. The van der Waals surface area contributed by atoms with Crippen molar-refractivity contribution in [1.29, 1.82) is 0 Å². The third kappa shape index (κ3) is 5.11. The number of aromatic amines is 1. The molecule has 0 spiro atoms. The van der Waals surface area contributed by atoms with Crippen LogP contribution in [0.4, 0.5) is 5.82 Å². The lowest BCUT2D eigenvalue weighted by atomic mass is 9.94. The van der Waals surface area contributed by atoms with Gasteiger partial charge in [-0.05, 0) is 63.0 Å². The number of anilines is 1. The Morgan fingerprint density at radius 3 is 2.46 bits per heavy atom. The van der Waals surface area contributed by atoms with Crippen LogP contribution in [0, 0.1) is 0 Å². The molecule has 9 heteroatoms. The number of nitrogens with zero attached hydrogens (tertiary/aromatic N) is 3. The summed E-state index contributed by atoms with van der Waals surface area (Å²) in [5.74, 6) is -0.238. The maximum atomic E-state index is 12.9. The molecule has 0 bridgehead atoms. The molecule has 2 aromatic heterocycles. The zero-order valence-electron chi connectivity index (χ0n) is 19.8. The molecule has 5 rings (SSSR count). The first-order valence-electron chi connectivity index (χ1n) is 11.7. The highest BCUT2D eigenvalue weighted by molar-refractivity contribution is 7.20. The van der Waals surface area contributed by atoms with Crippen LogP contribution in [-0.4, -0.2) is 45.0 Å². The molecule has 3 N–H and O–H groups in total. The van der Waals surface area contributed by atoms with Crippen molar-refractivity contribution in [3.63, 3.8) is 0 Å². The minimum atomic E-state index is -0.562. The average molecular weight is 489 g/mol. The lowest BCUT2D eigenvalue weighted by Gasteiger charge is -2.26. The fourth-order valence-corrected chi connectivity index (χ4v) is 5.11. The summed E-state index contributed by atoms with van der Waals surface area (Å²) in [5, 5.41) is 13.2. The molecule has 1 aliphatic heterocycles. The van der Waals surface area contributed by atoms with Gasteiger partial charge in [-0.2, -0.15) is 5.10 Å². The minimum Gasteiger partial charge on any atom is -0.341 e. The Bertz CT molecular complexity index is 1340. The number of H-pyrrole nitrogens is 1. The number of likely N-dealkylation sites (tertiary alicyclic amines) is 1. The number of carbonyl (C=O) groups excluding carboxylic acids is 2. The summed E-state index contributed by atoms with van der Waals surface area (Å²) in [7, 11) is 0. The van der Waals surface area contributed by atoms with E-state index < -0.39 is 5.54 Å². The number of thiazole rings is 1. The van der Waals surface area contributed by atoms with Gasteiger partial charge in [0.25, 0.3) is 11.8 Å². The number of fused-ring (bicyclic) bond motifs is 1. The highest BCUT2D eigenvalue weighted by atomic mass is 32.1. The average Bonchev–Trinajstić information content (AvgIpc) is 3.59. The van der Waals surface area contributed by atoms with Crippen molar-refractivity contribution in [1.82, 2.24) is 25.4 Å². The van der Waals surface area contributed by atoms with Crippen molar-refractivity contribution < 1.29 is 9.59 Å². The summed E-state index contributed by atoms with van der Waals surface area (Å²) in [6, 6.07) is 17.4. The van der Waals surface area contributed by atoms with E-state index in [0.717, 1.165) is 25.2 Å². The summed E-state index contributed by atoms with van der Waals surface area (Å²) in [6.45, 7) is 7.07. The molecule has 0 radical (unpaired) electrons. The highest BCUT2D eigenvalue weighted by Gasteiger charge is 2.26. The predicted molar refractivity (Wildman–Crippen MR) is 138 cm³/mol. The summed E-state index contributed by atoms with van der Waals surface area (Å²) in [4.78, 5) is 33.3. The molecule has 0 unspecified atom stereocenters. The van der Waals surface area contributed by atoms with E-state index in [1.807, 2.05) is 68.4 Å². The zero-order chi connectivity index (χ0) is 24.4. The Morgan fingerprint density at radius 2 is 1.74 bits per heavy atom. The van der Waals surface area contributed by atoms with Crippen LogP contribution in [0.15, 0.2) is 54.6 Å². The van der Waals surface area contributed by atoms with Gasteiger partial charge in [-0.1, -0.05) is 53.8 Å². The second-order valence-corrected chi connectivity index (χ2v) is 10.3. The quantitative estimate of drug-likeness (QED) is 0.355.